The summed E-state index contributed by atoms with van der Waals surface area (Å²) in [4.78, 5) is 39.9. The Balaban J connectivity index is 1.71. The number of pyridine rings is 1. The van der Waals surface area contributed by atoms with E-state index in [1.807, 2.05) is 0 Å². The predicted molar refractivity (Wildman–Crippen MR) is 102 cm³/mol. The lowest BCUT2D eigenvalue weighted by atomic mass is 10.1. The first-order valence-corrected chi connectivity index (χ1v) is 8.29. The number of aryl methyl sites for hydroxylation is 1. The van der Waals surface area contributed by atoms with E-state index in [2.05, 4.69) is 26.1 Å². The smallest absolute Gasteiger partial charge is 0.258 e. The molecule has 0 fully saturated rings. The molecule has 0 unspecified atom stereocenters. The highest BCUT2D eigenvalue weighted by Gasteiger charge is 2.13. The average molecular weight is 379 g/mol. The van der Waals surface area contributed by atoms with Crippen LogP contribution in [-0.2, 0) is 4.79 Å². The lowest BCUT2D eigenvalue weighted by Crippen LogP contribution is -2.16. The summed E-state index contributed by atoms with van der Waals surface area (Å²) in [6.07, 6.45) is 2.69. The van der Waals surface area contributed by atoms with Crippen molar-refractivity contribution in [1.82, 2.24) is 10.1 Å². The van der Waals surface area contributed by atoms with Crippen LogP contribution in [0.15, 0.2) is 53.3 Å². The molecule has 0 saturated heterocycles. The second kappa shape index (κ2) is 8.12. The number of hydrogen-bond donors (Lipinski definition) is 3. The Hall–Kier alpha value is -4.01. The molecule has 0 radical (unpaired) electrons. The van der Waals surface area contributed by atoms with E-state index in [0.29, 0.717) is 17.1 Å². The van der Waals surface area contributed by atoms with Crippen LogP contribution in [0, 0.1) is 6.92 Å². The molecule has 0 bridgehead atoms. The molecule has 3 N–H and O–H groups in total. The molecule has 2 aromatic heterocycles. The summed E-state index contributed by atoms with van der Waals surface area (Å²) in [6, 6.07) is 9.70. The number of nitrogens with zero attached hydrogens (tertiary/aromatic N) is 2. The van der Waals surface area contributed by atoms with Crippen LogP contribution in [0.25, 0.3) is 0 Å². The third kappa shape index (κ3) is 4.79. The van der Waals surface area contributed by atoms with Crippen LogP contribution in [0.5, 0.6) is 0 Å². The fourth-order valence-electron chi connectivity index (χ4n) is 2.38. The maximum Gasteiger partial charge on any atom is 0.258 e. The van der Waals surface area contributed by atoms with E-state index in [1.54, 1.807) is 37.3 Å². The number of benzene rings is 1. The van der Waals surface area contributed by atoms with E-state index in [-0.39, 0.29) is 22.9 Å². The summed E-state index contributed by atoms with van der Waals surface area (Å²) in [5, 5.41) is 11.6. The topological polar surface area (TPSA) is 126 Å². The molecule has 0 aliphatic rings. The van der Waals surface area contributed by atoms with Crippen LogP contribution >= 0.6 is 0 Å². The van der Waals surface area contributed by atoms with Gasteiger partial charge in [0.1, 0.15) is 5.76 Å². The van der Waals surface area contributed by atoms with Crippen LogP contribution in [-0.4, -0.2) is 27.9 Å². The predicted octanol–water partition coefficient (Wildman–Crippen LogP) is 2.84. The standard InChI is InChI=1S/C19H17N5O4/c1-11-6-17(24-28-11)23-19(27)14-7-13(9-20-10-14)18(26)22-16-5-3-4-15(8-16)21-12(2)25/h3-10H,1-2H3,(H,21,25)(H,22,26)(H,23,24,27). The number of carbonyl (C=O) groups excluding carboxylic acids is 3. The second-order valence-electron chi connectivity index (χ2n) is 5.96. The molecule has 28 heavy (non-hydrogen) atoms. The van der Waals surface area contributed by atoms with Gasteiger partial charge in [0.25, 0.3) is 11.8 Å². The van der Waals surface area contributed by atoms with E-state index in [4.69, 9.17) is 4.52 Å². The van der Waals surface area contributed by atoms with Gasteiger partial charge >= 0.3 is 0 Å². The highest BCUT2D eigenvalue weighted by Crippen LogP contribution is 2.16. The van der Waals surface area contributed by atoms with E-state index in [1.165, 1.54) is 25.4 Å². The summed E-state index contributed by atoms with van der Waals surface area (Å²) in [5.74, 6) is -0.300. The van der Waals surface area contributed by atoms with Crippen molar-refractivity contribution in [3.63, 3.8) is 0 Å². The number of hydrogen-bond acceptors (Lipinski definition) is 6. The van der Waals surface area contributed by atoms with Crippen molar-refractivity contribution in [3.05, 3.63) is 65.7 Å². The first-order valence-electron chi connectivity index (χ1n) is 8.29. The van der Waals surface area contributed by atoms with Gasteiger partial charge in [-0.25, -0.2) is 0 Å². The highest BCUT2D eigenvalue weighted by molar-refractivity contribution is 6.08. The molecule has 2 heterocycles. The van der Waals surface area contributed by atoms with E-state index in [9.17, 15) is 14.4 Å². The molecule has 0 saturated carbocycles. The van der Waals surface area contributed by atoms with Gasteiger partial charge in [0, 0.05) is 36.8 Å². The van der Waals surface area contributed by atoms with Gasteiger partial charge in [-0.15, -0.1) is 0 Å². The van der Waals surface area contributed by atoms with Crippen LogP contribution in [0.1, 0.15) is 33.4 Å². The van der Waals surface area contributed by atoms with Crippen LogP contribution in [0.3, 0.4) is 0 Å². The Labute approximate surface area is 160 Å². The van der Waals surface area contributed by atoms with Crippen molar-refractivity contribution in [2.45, 2.75) is 13.8 Å². The normalized spacial score (nSPS) is 10.2. The first-order chi connectivity index (χ1) is 13.4. The molecule has 0 spiro atoms. The number of carbonyl (C=O) groups is 3. The van der Waals surface area contributed by atoms with Crippen molar-refractivity contribution >= 4 is 34.9 Å². The molecular weight excluding hydrogens is 362 g/mol. The Morgan fingerprint density at radius 2 is 1.54 bits per heavy atom. The Morgan fingerprint density at radius 1 is 0.893 bits per heavy atom. The highest BCUT2D eigenvalue weighted by atomic mass is 16.5. The minimum Gasteiger partial charge on any atom is -0.360 e. The zero-order chi connectivity index (χ0) is 20.1. The maximum atomic E-state index is 12.5. The van der Waals surface area contributed by atoms with Gasteiger partial charge in [-0.2, -0.15) is 0 Å². The van der Waals surface area contributed by atoms with Crippen LogP contribution < -0.4 is 16.0 Å². The van der Waals surface area contributed by atoms with Gasteiger partial charge in [-0.05, 0) is 31.2 Å². The summed E-state index contributed by atoms with van der Waals surface area (Å²) in [5.41, 5.74) is 1.44. The van der Waals surface area contributed by atoms with Crippen molar-refractivity contribution in [2.24, 2.45) is 0 Å². The minimum absolute atomic E-state index is 0.195. The third-order valence-corrected chi connectivity index (χ3v) is 3.57. The number of nitrogens with one attached hydrogen (secondary N) is 3. The second-order valence-corrected chi connectivity index (χ2v) is 5.96. The molecule has 9 heteroatoms. The molecule has 3 aromatic rings. The summed E-state index contributed by atoms with van der Waals surface area (Å²) < 4.78 is 4.89. The van der Waals surface area contributed by atoms with E-state index >= 15 is 0 Å². The lowest BCUT2D eigenvalue weighted by Gasteiger charge is -2.08. The molecule has 3 amide bonds. The molecule has 0 aliphatic heterocycles. The summed E-state index contributed by atoms with van der Waals surface area (Å²) >= 11 is 0. The van der Waals surface area contributed by atoms with Gasteiger partial charge in [-0.1, -0.05) is 11.2 Å². The average Bonchev–Trinajstić information content (AvgIpc) is 3.06. The maximum absolute atomic E-state index is 12.5. The lowest BCUT2D eigenvalue weighted by molar-refractivity contribution is -0.114. The van der Waals surface area contributed by atoms with Crippen molar-refractivity contribution in [1.29, 1.82) is 0 Å². The largest absolute Gasteiger partial charge is 0.360 e. The first kappa shape index (κ1) is 18.8. The zero-order valence-electron chi connectivity index (χ0n) is 15.1. The number of amides is 3. The van der Waals surface area contributed by atoms with Crippen molar-refractivity contribution < 1.29 is 18.9 Å². The molecule has 9 nitrogen and oxygen atoms in total. The monoisotopic (exact) mass is 379 g/mol. The Morgan fingerprint density at radius 3 is 2.14 bits per heavy atom. The number of aromatic nitrogens is 2. The number of rotatable bonds is 5. The summed E-state index contributed by atoms with van der Waals surface area (Å²) in [7, 11) is 0. The molecular formula is C19H17N5O4. The number of anilines is 3. The van der Waals surface area contributed by atoms with E-state index < -0.39 is 11.8 Å². The van der Waals surface area contributed by atoms with E-state index in [0.717, 1.165) is 0 Å². The van der Waals surface area contributed by atoms with Gasteiger partial charge in [0.15, 0.2) is 5.82 Å². The Bertz CT molecular complexity index is 1040. The van der Waals surface area contributed by atoms with Gasteiger partial charge < -0.3 is 20.5 Å². The fraction of sp³-hybridized carbons (Fsp3) is 0.105. The fourth-order valence-corrected chi connectivity index (χ4v) is 2.38. The molecule has 142 valence electrons. The minimum atomic E-state index is -0.469. The quantitative estimate of drug-likeness (QED) is 0.626. The van der Waals surface area contributed by atoms with Crippen molar-refractivity contribution in [2.75, 3.05) is 16.0 Å². The van der Waals surface area contributed by atoms with Crippen molar-refractivity contribution in [3.8, 4) is 0 Å². The van der Waals surface area contributed by atoms with Gasteiger partial charge in [0.05, 0.1) is 11.1 Å². The van der Waals surface area contributed by atoms with Gasteiger partial charge in [-0.3, -0.25) is 19.4 Å². The Kier molecular flexibility index (Phi) is 5.45. The van der Waals surface area contributed by atoms with Crippen LogP contribution in [0.2, 0.25) is 0 Å². The zero-order valence-corrected chi connectivity index (χ0v) is 15.1. The van der Waals surface area contributed by atoms with Crippen LogP contribution in [0.4, 0.5) is 17.2 Å². The molecule has 3 rings (SSSR count). The summed E-state index contributed by atoms with van der Waals surface area (Å²) in [6.45, 7) is 3.10. The molecule has 0 atom stereocenters. The SMILES string of the molecule is CC(=O)Nc1cccc(NC(=O)c2cncc(C(=O)Nc3cc(C)on3)c2)c1. The van der Waals surface area contributed by atoms with Gasteiger partial charge in [0.2, 0.25) is 5.91 Å². The molecule has 0 aliphatic carbocycles. The molecule has 1 aromatic carbocycles. The third-order valence-electron chi connectivity index (χ3n) is 3.57.